The summed E-state index contributed by atoms with van der Waals surface area (Å²) in [5.41, 5.74) is -0.457. The Morgan fingerprint density at radius 2 is 2.00 bits per heavy atom. The molecule has 0 spiro atoms. The highest BCUT2D eigenvalue weighted by Crippen LogP contribution is 2.17. The zero-order valence-corrected chi connectivity index (χ0v) is 12.1. The van der Waals surface area contributed by atoms with E-state index in [1.807, 2.05) is 20.8 Å². The van der Waals surface area contributed by atoms with Crippen molar-refractivity contribution < 1.29 is 14.3 Å². The summed E-state index contributed by atoms with van der Waals surface area (Å²) in [4.78, 5) is 23.1. The highest BCUT2D eigenvalue weighted by molar-refractivity contribution is 6.30. The van der Waals surface area contributed by atoms with Crippen LogP contribution in [0.3, 0.4) is 0 Å². The van der Waals surface area contributed by atoms with E-state index in [2.05, 4.69) is 5.32 Å². The molecule has 0 heterocycles. The average Bonchev–Trinajstić information content (AvgIpc) is 2.32. The first-order chi connectivity index (χ1) is 8.79. The maximum atomic E-state index is 11.6. The molecule has 0 aliphatic rings. The van der Waals surface area contributed by atoms with Crippen LogP contribution in [0.25, 0.3) is 0 Å². The number of nitrogens with one attached hydrogen (secondary N) is 1. The molecule has 0 aliphatic carbocycles. The van der Waals surface area contributed by atoms with Gasteiger partial charge in [-0.15, -0.1) is 0 Å². The Labute approximate surface area is 118 Å². The number of ether oxygens (including phenoxy) is 1. The Morgan fingerprint density at radius 1 is 1.32 bits per heavy atom. The molecule has 0 unspecified atom stereocenters. The predicted molar refractivity (Wildman–Crippen MR) is 74.4 cm³/mol. The van der Waals surface area contributed by atoms with E-state index in [0.717, 1.165) is 0 Å². The van der Waals surface area contributed by atoms with Crippen LogP contribution >= 0.6 is 11.6 Å². The van der Waals surface area contributed by atoms with Crippen molar-refractivity contribution in [1.29, 1.82) is 0 Å². The standard InChI is InChI=1S/C14H18ClNO3/c1-14(2,3)12(17)8-16-13(18)9-19-11-6-4-5-10(15)7-11/h4-7H,8-9H2,1-3H3,(H,16,18). The molecular formula is C14H18ClNO3. The lowest BCUT2D eigenvalue weighted by Gasteiger charge is -2.16. The third-order valence-electron chi connectivity index (χ3n) is 2.45. The Morgan fingerprint density at radius 3 is 2.58 bits per heavy atom. The van der Waals surface area contributed by atoms with Gasteiger partial charge in [-0.1, -0.05) is 38.4 Å². The van der Waals surface area contributed by atoms with Crippen molar-refractivity contribution in [2.75, 3.05) is 13.2 Å². The summed E-state index contributed by atoms with van der Waals surface area (Å²) in [5, 5.41) is 3.07. The van der Waals surface area contributed by atoms with Crippen molar-refractivity contribution in [2.24, 2.45) is 5.41 Å². The molecule has 5 heteroatoms. The normalized spacial score (nSPS) is 10.9. The molecule has 0 saturated carbocycles. The summed E-state index contributed by atoms with van der Waals surface area (Å²) < 4.78 is 5.26. The van der Waals surface area contributed by atoms with Gasteiger partial charge in [0.15, 0.2) is 12.4 Å². The van der Waals surface area contributed by atoms with Crippen LogP contribution in [0.2, 0.25) is 5.02 Å². The van der Waals surface area contributed by atoms with Crippen LogP contribution in [0.1, 0.15) is 20.8 Å². The van der Waals surface area contributed by atoms with E-state index >= 15 is 0 Å². The van der Waals surface area contributed by atoms with Gasteiger partial charge in [0.1, 0.15) is 5.75 Å². The summed E-state index contributed by atoms with van der Waals surface area (Å²) in [6, 6.07) is 6.78. The molecular weight excluding hydrogens is 266 g/mol. The van der Waals surface area contributed by atoms with E-state index < -0.39 is 5.41 Å². The van der Waals surface area contributed by atoms with Crippen molar-refractivity contribution in [3.05, 3.63) is 29.3 Å². The van der Waals surface area contributed by atoms with E-state index in [1.54, 1.807) is 24.3 Å². The van der Waals surface area contributed by atoms with Crippen molar-refractivity contribution in [2.45, 2.75) is 20.8 Å². The zero-order chi connectivity index (χ0) is 14.5. The summed E-state index contributed by atoms with van der Waals surface area (Å²) in [6.07, 6.45) is 0. The van der Waals surface area contributed by atoms with Crippen LogP contribution in [0.5, 0.6) is 5.75 Å². The second-order valence-electron chi connectivity index (χ2n) is 5.20. The van der Waals surface area contributed by atoms with Gasteiger partial charge in [0.05, 0.1) is 6.54 Å². The van der Waals surface area contributed by atoms with Gasteiger partial charge in [-0.3, -0.25) is 9.59 Å². The Hall–Kier alpha value is -1.55. The number of halogens is 1. The number of carbonyl (C=O) groups excluding carboxylic acids is 2. The van der Waals surface area contributed by atoms with Gasteiger partial charge in [0, 0.05) is 10.4 Å². The number of ketones is 1. The summed E-state index contributed by atoms with van der Waals surface area (Å²) in [6.45, 7) is 5.30. The van der Waals surface area contributed by atoms with Crippen molar-refractivity contribution >= 4 is 23.3 Å². The molecule has 0 bridgehead atoms. The second kappa shape index (κ2) is 6.57. The predicted octanol–water partition coefficient (Wildman–Crippen LogP) is 2.45. The molecule has 0 fully saturated rings. The van der Waals surface area contributed by atoms with E-state index in [4.69, 9.17) is 16.3 Å². The molecule has 19 heavy (non-hydrogen) atoms. The number of hydrogen-bond donors (Lipinski definition) is 1. The number of Topliss-reactive ketones (excluding diaryl/α,β-unsaturated/α-hetero) is 1. The van der Waals surface area contributed by atoms with Crippen LogP contribution in [-0.2, 0) is 9.59 Å². The molecule has 0 saturated heterocycles. The second-order valence-corrected chi connectivity index (χ2v) is 5.63. The van der Waals surface area contributed by atoms with Crippen molar-refractivity contribution in [3.63, 3.8) is 0 Å². The lowest BCUT2D eigenvalue weighted by molar-refractivity contribution is -0.129. The Balaban J connectivity index is 2.35. The summed E-state index contributed by atoms with van der Waals surface area (Å²) in [7, 11) is 0. The summed E-state index contributed by atoms with van der Waals surface area (Å²) in [5.74, 6) is 0.158. The minimum Gasteiger partial charge on any atom is -0.484 e. The third kappa shape index (κ3) is 5.75. The van der Waals surface area contributed by atoms with Crippen LogP contribution in [0.4, 0.5) is 0 Å². The lowest BCUT2D eigenvalue weighted by Crippen LogP contribution is -2.37. The first-order valence-corrected chi connectivity index (χ1v) is 6.35. The van der Waals surface area contributed by atoms with Gasteiger partial charge in [-0.05, 0) is 18.2 Å². The average molecular weight is 284 g/mol. The van der Waals surface area contributed by atoms with E-state index in [0.29, 0.717) is 10.8 Å². The molecule has 1 N–H and O–H groups in total. The molecule has 4 nitrogen and oxygen atoms in total. The molecule has 1 aromatic carbocycles. The zero-order valence-electron chi connectivity index (χ0n) is 11.3. The van der Waals surface area contributed by atoms with Gasteiger partial charge < -0.3 is 10.1 Å². The van der Waals surface area contributed by atoms with Gasteiger partial charge in [0.2, 0.25) is 0 Å². The molecule has 1 aromatic rings. The first-order valence-electron chi connectivity index (χ1n) is 5.97. The molecule has 104 valence electrons. The smallest absolute Gasteiger partial charge is 0.258 e. The van der Waals surface area contributed by atoms with E-state index in [9.17, 15) is 9.59 Å². The van der Waals surface area contributed by atoms with Crippen molar-refractivity contribution in [1.82, 2.24) is 5.32 Å². The number of amides is 1. The van der Waals surface area contributed by atoms with Crippen LogP contribution in [0.15, 0.2) is 24.3 Å². The van der Waals surface area contributed by atoms with Crippen molar-refractivity contribution in [3.8, 4) is 5.75 Å². The van der Waals surface area contributed by atoms with Gasteiger partial charge >= 0.3 is 0 Å². The monoisotopic (exact) mass is 283 g/mol. The lowest BCUT2D eigenvalue weighted by atomic mass is 9.91. The SMILES string of the molecule is CC(C)(C)C(=O)CNC(=O)COc1cccc(Cl)c1. The number of hydrogen-bond acceptors (Lipinski definition) is 3. The Bertz CT molecular complexity index is 466. The third-order valence-corrected chi connectivity index (χ3v) is 2.68. The molecule has 0 aliphatic heterocycles. The fourth-order valence-corrected chi connectivity index (χ4v) is 1.38. The highest BCUT2D eigenvalue weighted by Gasteiger charge is 2.21. The Kier molecular flexibility index (Phi) is 5.36. The molecule has 0 radical (unpaired) electrons. The minimum absolute atomic E-state index is 0.0151. The number of carbonyl (C=O) groups is 2. The maximum absolute atomic E-state index is 11.6. The quantitative estimate of drug-likeness (QED) is 0.903. The van der Waals surface area contributed by atoms with Crippen LogP contribution in [0, 0.1) is 5.41 Å². The summed E-state index contributed by atoms with van der Waals surface area (Å²) >= 11 is 5.79. The number of benzene rings is 1. The minimum atomic E-state index is -0.457. The van der Waals surface area contributed by atoms with Crippen LogP contribution < -0.4 is 10.1 Å². The van der Waals surface area contributed by atoms with E-state index in [1.165, 1.54) is 0 Å². The van der Waals surface area contributed by atoms with E-state index in [-0.39, 0.29) is 24.8 Å². The molecule has 0 atom stereocenters. The topological polar surface area (TPSA) is 55.4 Å². The molecule has 1 rings (SSSR count). The molecule has 0 aromatic heterocycles. The molecule has 1 amide bonds. The number of rotatable bonds is 5. The van der Waals surface area contributed by atoms with Gasteiger partial charge in [0.25, 0.3) is 5.91 Å². The maximum Gasteiger partial charge on any atom is 0.258 e. The fourth-order valence-electron chi connectivity index (χ4n) is 1.20. The van der Waals surface area contributed by atoms with Crippen LogP contribution in [-0.4, -0.2) is 24.8 Å². The highest BCUT2D eigenvalue weighted by atomic mass is 35.5. The van der Waals surface area contributed by atoms with Gasteiger partial charge in [-0.2, -0.15) is 0 Å². The first kappa shape index (κ1) is 15.5. The largest absolute Gasteiger partial charge is 0.484 e. The fraction of sp³-hybridized carbons (Fsp3) is 0.429. The van der Waals surface area contributed by atoms with Gasteiger partial charge in [-0.25, -0.2) is 0 Å².